The van der Waals surface area contributed by atoms with E-state index in [4.69, 9.17) is 10.6 Å². The van der Waals surface area contributed by atoms with Gasteiger partial charge in [0, 0.05) is 0 Å². The Kier molecular flexibility index (Phi) is 15.7. The van der Waals surface area contributed by atoms with E-state index < -0.39 is 38.7 Å². The third kappa shape index (κ3) is 9.23. The second kappa shape index (κ2) is 15.0. The first-order valence-electron chi connectivity index (χ1n) is 11.4. The van der Waals surface area contributed by atoms with E-state index in [0.29, 0.717) is 0 Å². The minimum absolute atomic E-state index is 1.17. The summed E-state index contributed by atoms with van der Waals surface area (Å²) >= 11 is -4.03. The van der Waals surface area contributed by atoms with Crippen LogP contribution >= 0.6 is 0 Å². The van der Waals surface area contributed by atoms with Crippen LogP contribution in [-0.2, 0) is 32.7 Å². The standard InChI is InChI=1S/2C9H21OSi.2CH3O.Zr/c2*1-4-7-11(10,8-5-2)9-6-3;2*1-2;/h2*4-9H2,1-3H3;2*1H3;/q4*-1;+4. The van der Waals surface area contributed by atoms with Gasteiger partial charge in [-0.15, -0.1) is 0 Å². The first-order chi connectivity index (χ1) is 12.9. The second-order valence-corrected chi connectivity index (χ2v) is 23.6. The van der Waals surface area contributed by atoms with Gasteiger partial charge in [0.2, 0.25) is 0 Å². The number of hydrogen-bond acceptors (Lipinski definition) is 4. The molecule has 0 aliphatic carbocycles. The molecule has 0 aliphatic rings. The molecule has 0 amide bonds. The van der Waals surface area contributed by atoms with Crippen LogP contribution in [0.4, 0.5) is 0 Å². The zero-order chi connectivity index (χ0) is 20.8. The van der Waals surface area contributed by atoms with Crippen molar-refractivity contribution in [1.29, 1.82) is 0 Å². The molecule has 0 N–H and O–H groups in total. The zero-order valence-electron chi connectivity index (χ0n) is 19.6. The summed E-state index contributed by atoms with van der Waals surface area (Å²) in [7, 11) is -0.263. The van der Waals surface area contributed by atoms with Crippen molar-refractivity contribution in [3.63, 3.8) is 0 Å². The molecule has 0 unspecified atom stereocenters. The summed E-state index contributed by atoms with van der Waals surface area (Å²) in [5.41, 5.74) is 0. The van der Waals surface area contributed by atoms with Crippen molar-refractivity contribution in [3.8, 4) is 0 Å². The van der Waals surface area contributed by atoms with Crippen molar-refractivity contribution in [3.05, 3.63) is 0 Å². The summed E-state index contributed by atoms with van der Waals surface area (Å²) in [6, 6.07) is 7.13. The topological polar surface area (TPSA) is 36.9 Å². The van der Waals surface area contributed by atoms with Crippen molar-refractivity contribution in [2.45, 2.75) is 116 Å². The summed E-state index contributed by atoms with van der Waals surface area (Å²) in [5.74, 6) is 0. The van der Waals surface area contributed by atoms with Crippen molar-refractivity contribution < 1.29 is 32.7 Å². The summed E-state index contributed by atoms with van der Waals surface area (Å²) < 4.78 is 26.3. The molecule has 0 aromatic carbocycles. The molecular formula is C20H48O4Si2Zr. The van der Waals surface area contributed by atoms with E-state index in [0.717, 1.165) is 0 Å². The summed E-state index contributed by atoms with van der Waals surface area (Å²) in [6.07, 6.45) is 7.02. The Morgan fingerprint density at radius 1 is 0.481 bits per heavy atom. The fourth-order valence-electron chi connectivity index (χ4n) is 4.59. The predicted molar refractivity (Wildman–Crippen MR) is 118 cm³/mol. The van der Waals surface area contributed by atoms with E-state index in [1.165, 1.54) is 74.8 Å². The quantitative estimate of drug-likeness (QED) is 0.183. The molecular weight excluding hydrogens is 452 g/mol. The SMILES string of the molecule is CCC[Si](CCC)(CCC)[O][Zr]([O]C)([O]C)[O][Si](CCC)(CCC)CCC. The molecule has 0 aromatic rings. The van der Waals surface area contributed by atoms with Crippen LogP contribution in [0.15, 0.2) is 0 Å². The normalized spacial score (nSPS) is 13.3. The van der Waals surface area contributed by atoms with E-state index in [1.807, 2.05) is 0 Å². The molecule has 0 spiro atoms. The first-order valence-corrected chi connectivity index (χ1v) is 20.5. The van der Waals surface area contributed by atoms with Crippen LogP contribution in [0.25, 0.3) is 0 Å². The average molecular weight is 500 g/mol. The molecule has 0 heterocycles. The van der Waals surface area contributed by atoms with E-state index in [-0.39, 0.29) is 0 Å². The van der Waals surface area contributed by atoms with Gasteiger partial charge < -0.3 is 0 Å². The molecule has 0 saturated carbocycles. The summed E-state index contributed by atoms with van der Waals surface area (Å²) in [5, 5.41) is 0. The Bertz CT molecular complexity index is 304. The predicted octanol–water partition coefficient (Wildman–Crippen LogP) is 7.48. The van der Waals surface area contributed by atoms with Gasteiger partial charge in [-0.05, 0) is 0 Å². The maximum atomic E-state index is 7.06. The van der Waals surface area contributed by atoms with Gasteiger partial charge in [-0.1, -0.05) is 0 Å². The van der Waals surface area contributed by atoms with E-state index in [9.17, 15) is 0 Å². The molecule has 0 radical (unpaired) electrons. The molecule has 4 nitrogen and oxygen atoms in total. The second-order valence-electron chi connectivity index (χ2n) is 7.98. The van der Waals surface area contributed by atoms with Crippen molar-refractivity contribution in [1.82, 2.24) is 0 Å². The van der Waals surface area contributed by atoms with Gasteiger partial charge >= 0.3 is 180 Å². The van der Waals surface area contributed by atoms with Gasteiger partial charge in [0.15, 0.2) is 0 Å². The minimum atomic E-state index is -4.03. The van der Waals surface area contributed by atoms with Crippen molar-refractivity contribution in [2.24, 2.45) is 0 Å². The molecule has 0 fully saturated rings. The van der Waals surface area contributed by atoms with Crippen LogP contribution in [0, 0.1) is 0 Å². The molecule has 0 bridgehead atoms. The van der Waals surface area contributed by atoms with E-state index >= 15 is 0 Å². The maximum absolute atomic E-state index is 7.06. The van der Waals surface area contributed by atoms with E-state index in [2.05, 4.69) is 41.5 Å². The monoisotopic (exact) mass is 498 g/mol. The fraction of sp³-hybridized carbons (Fsp3) is 1.00. The molecule has 0 rings (SSSR count). The Morgan fingerprint density at radius 2 is 0.704 bits per heavy atom. The third-order valence-electron chi connectivity index (χ3n) is 5.42. The Morgan fingerprint density at radius 3 is 0.852 bits per heavy atom. The van der Waals surface area contributed by atoms with Gasteiger partial charge in [0.25, 0.3) is 0 Å². The fourth-order valence-corrected chi connectivity index (χ4v) is 29.9. The van der Waals surface area contributed by atoms with Crippen molar-refractivity contribution in [2.75, 3.05) is 14.2 Å². The van der Waals surface area contributed by atoms with Gasteiger partial charge in [-0.25, -0.2) is 0 Å². The first kappa shape index (κ1) is 28.2. The Labute approximate surface area is 179 Å². The van der Waals surface area contributed by atoms with Crippen LogP contribution < -0.4 is 0 Å². The van der Waals surface area contributed by atoms with Gasteiger partial charge in [0.1, 0.15) is 0 Å². The molecule has 27 heavy (non-hydrogen) atoms. The number of hydrogen-bond donors (Lipinski definition) is 0. The third-order valence-corrected chi connectivity index (χ3v) is 27.8. The molecule has 0 atom stereocenters. The summed E-state index contributed by atoms with van der Waals surface area (Å²) in [4.78, 5) is 0. The van der Waals surface area contributed by atoms with Crippen molar-refractivity contribution >= 4 is 16.6 Å². The van der Waals surface area contributed by atoms with Gasteiger partial charge in [-0.3, -0.25) is 0 Å². The summed E-state index contributed by atoms with van der Waals surface area (Å²) in [6.45, 7) is 13.7. The van der Waals surface area contributed by atoms with Crippen LogP contribution in [0.3, 0.4) is 0 Å². The van der Waals surface area contributed by atoms with Crippen LogP contribution in [0.2, 0.25) is 36.3 Å². The molecule has 0 saturated heterocycles. The van der Waals surface area contributed by atoms with E-state index in [1.54, 1.807) is 14.2 Å². The molecule has 7 heteroatoms. The van der Waals surface area contributed by atoms with Gasteiger partial charge in [-0.2, -0.15) is 0 Å². The number of rotatable bonds is 18. The van der Waals surface area contributed by atoms with Crippen LogP contribution in [0.1, 0.15) is 80.1 Å². The van der Waals surface area contributed by atoms with Gasteiger partial charge in [0.05, 0.1) is 0 Å². The zero-order valence-corrected chi connectivity index (χ0v) is 24.1. The van der Waals surface area contributed by atoms with Crippen LogP contribution in [0.5, 0.6) is 0 Å². The average Bonchev–Trinajstić information content (AvgIpc) is 2.62. The Balaban J connectivity index is 5.87. The van der Waals surface area contributed by atoms with Crippen LogP contribution in [-0.4, -0.2) is 30.9 Å². The molecule has 0 aromatic heterocycles. The Hall–Kier alpha value is 1.16. The molecule has 0 aliphatic heterocycles. The molecule has 164 valence electrons.